The van der Waals surface area contributed by atoms with Gasteiger partial charge in [-0.1, -0.05) is 19.9 Å². The van der Waals surface area contributed by atoms with Gasteiger partial charge < -0.3 is 5.32 Å². The summed E-state index contributed by atoms with van der Waals surface area (Å²) in [7, 11) is -3.64. The summed E-state index contributed by atoms with van der Waals surface area (Å²) in [5.41, 5.74) is -0.684. The zero-order valence-corrected chi connectivity index (χ0v) is 16.0. The Bertz CT molecular complexity index is 955. The highest BCUT2D eigenvalue weighted by molar-refractivity contribution is 7.89. The topological polar surface area (TPSA) is 95.6 Å². The van der Waals surface area contributed by atoms with Crippen LogP contribution >= 0.6 is 0 Å². The molecule has 2 N–H and O–H groups in total. The lowest BCUT2D eigenvalue weighted by Crippen LogP contribution is -2.35. The van der Waals surface area contributed by atoms with E-state index in [1.807, 2.05) is 5.32 Å². The van der Waals surface area contributed by atoms with Gasteiger partial charge in [-0.3, -0.25) is 10.1 Å². The Morgan fingerprint density at radius 2 is 1.50 bits per heavy atom. The molecule has 0 aliphatic heterocycles. The second-order valence-corrected chi connectivity index (χ2v) is 7.56. The third-order valence-electron chi connectivity index (χ3n) is 3.87. The molecule has 0 radical (unpaired) electrons. The molecule has 0 fully saturated rings. The first-order valence-corrected chi connectivity index (χ1v) is 9.81. The monoisotopic (exact) mass is 411 g/mol. The van der Waals surface area contributed by atoms with Crippen LogP contribution in [0.5, 0.6) is 0 Å². The van der Waals surface area contributed by atoms with Crippen LogP contribution in [0, 0.1) is 11.6 Å². The molecular weight excluding hydrogens is 392 g/mol. The summed E-state index contributed by atoms with van der Waals surface area (Å²) < 4.78 is 53.2. The van der Waals surface area contributed by atoms with Gasteiger partial charge in [0.2, 0.25) is 10.0 Å². The van der Waals surface area contributed by atoms with Gasteiger partial charge >= 0.3 is 6.03 Å². The molecule has 3 amide bonds. The van der Waals surface area contributed by atoms with Crippen LogP contribution in [0.1, 0.15) is 24.2 Å². The summed E-state index contributed by atoms with van der Waals surface area (Å²) in [6.45, 7) is 4.07. The second kappa shape index (κ2) is 8.89. The number of urea groups is 1. The highest BCUT2D eigenvalue weighted by atomic mass is 32.2. The maximum Gasteiger partial charge on any atom is 0.326 e. The molecule has 150 valence electrons. The highest BCUT2D eigenvalue weighted by Gasteiger charge is 2.22. The average molecular weight is 411 g/mol. The molecule has 0 unspecified atom stereocenters. The Morgan fingerprint density at radius 3 is 2.00 bits per heavy atom. The van der Waals surface area contributed by atoms with Gasteiger partial charge in [0.25, 0.3) is 5.91 Å². The van der Waals surface area contributed by atoms with Crippen molar-refractivity contribution in [2.24, 2.45) is 0 Å². The lowest BCUT2D eigenvalue weighted by atomic mass is 10.2. The number of halogens is 2. The fourth-order valence-corrected chi connectivity index (χ4v) is 3.92. The van der Waals surface area contributed by atoms with Crippen LogP contribution in [0.3, 0.4) is 0 Å². The van der Waals surface area contributed by atoms with Crippen molar-refractivity contribution in [1.82, 2.24) is 9.62 Å². The Balaban J connectivity index is 2.08. The number of imide groups is 1. The van der Waals surface area contributed by atoms with Crippen molar-refractivity contribution in [3.8, 4) is 0 Å². The zero-order valence-electron chi connectivity index (χ0n) is 15.2. The minimum atomic E-state index is -3.64. The molecule has 0 bridgehead atoms. The number of anilines is 1. The number of rotatable bonds is 6. The van der Waals surface area contributed by atoms with E-state index in [9.17, 15) is 26.8 Å². The van der Waals surface area contributed by atoms with E-state index in [2.05, 4.69) is 5.32 Å². The molecule has 0 spiro atoms. The van der Waals surface area contributed by atoms with E-state index in [4.69, 9.17) is 0 Å². The summed E-state index contributed by atoms with van der Waals surface area (Å²) >= 11 is 0. The molecule has 0 saturated carbocycles. The third kappa shape index (κ3) is 4.70. The number of amides is 3. The maximum absolute atomic E-state index is 13.6. The Kier molecular flexibility index (Phi) is 6.81. The molecule has 7 nitrogen and oxygen atoms in total. The molecule has 0 saturated heterocycles. The van der Waals surface area contributed by atoms with Gasteiger partial charge in [-0.25, -0.2) is 22.0 Å². The first-order valence-electron chi connectivity index (χ1n) is 8.37. The number of nitrogens with zero attached hydrogens (tertiary/aromatic N) is 1. The smallest absolute Gasteiger partial charge is 0.308 e. The largest absolute Gasteiger partial charge is 0.326 e. The lowest BCUT2D eigenvalue weighted by molar-refractivity contribution is 0.0959. The van der Waals surface area contributed by atoms with Crippen molar-refractivity contribution < 1.29 is 26.8 Å². The van der Waals surface area contributed by atoms with E-state index < -0.39 is 39.2 Å². The van der Waals surface area contributed by atoms with Gasteiger partial charge in [-0.15, -0.1) is 0 Å². The van der Waals surface area contributed by atoms with Crippen LogP contribution in [0.2, 0.25) is 0 Å². The van der Waals surface area contributed by atoms with E-state index in [0.717, 1.165) is 18.2 Å². The Morgan fingerprint density at radius 1 is 0.964 bits per heavy atom. The number of carbonyl (C=O) groups excluding carboxylic acids is 2. The van der Waals surface area contributed by atoms with Crippen LogP contribution in [0.15, 0.2) is 47.4 Å². The normalized spacial score (nSPS) is 11.3. The van der Waals surface area contributed by atoms with E-state index in [0.29, 0.717) is 13.1 Å². The maximum atomic E-state index is 13.6. The average Bonchev–Trinajstić information content (AvgIpc) is 2.62. The van der Waals surface area contributed by atoms with Gasteiger partial charge in [0, 0.05) is 18.8 Å². The molecule has 0 heterocycles. The van der Waals surface area contributed by atoms with E-state index in [1.54, 1.807) is 13.8 Å². The van der Waals surface area contributed by atoms with E-state index in [1.165, 1.54) is 28.6 Å². The first-order chi connectivity index (χ1) is 13.2. The summed E-state index contributed by atoms with van der Waals surface area (Å²) in [5, 5.41) is 4.11. The van der Waals surface area contributed by atoms with Crippen LogP contribution in [0.4, 0.5) is 19.3 Å². The van der Waals surface area contributed by atoms with Crippen LogP contribution < -0.4 is 10.6 Å². The van der Waals surface area contributed by atoms with Crippen molar-refractivity contribution in [1.29, 1.82) is 0 Å². The van der Waals surface area contributed by atoms with Crippen LogP contribution in [-0.4, -0.2) is 37.8 Å². The highest BCUT2D eigenvalue weighted by Crippen LogP contribution is 2.18. The third-order valence-corrected chi connectivity index (χ3v) is 5.94. The van der Waals surface area contributed by atoms with Crippen molar-refractivity contribution >= 4 is 27.6 Å². The van der Waals surface area contributed by atoms with E-state index >= 15 is 0 Å². The molecule has 0 atom stereocenters. The molecular formula is C18H19F2N3O4S. The summed E-state index contributed by atoms with van der Waals surface area (Å²) in [5.74, 6) is -3.44. The predicted octanol–water partition coefficient (Wildman–Crippen LogP) is 2.96. The van der Waals surface area contributed by atoms with Gasteiger partial charge in [0.05, 0.1) is 4.90 Å². The predicted molar refractivity (Wildman–Crippen MR) is 99.4 cm³/mol. The minimum absolute atomic E-state index is 0.0478. The number of hydrogen-bond donors (Lipinski definition) is 2. The Labute approximate surface area is 161 Å². The fourth-order valence-electron chi connectivity index (χ4n) is 2.47. The first kappa shape index (κ1) is 21.5. The van der Waals surface area contributed by atoms with Crippen molar-refractivity contribution in [3.05, 3.63) is 59.7 Å². The van der Waals surface area contributed by atoms with Gasteiger partial charge in [0.1, 0.15) is 17.2 Å². The second-order valence-electron chi connectivity index (χ2n) is 5.62. The molecule has 0 aliphatic carbocycles. The minimum Gasteiger partial charge on any atom is -0.308 e. The fraction of sp³-hybridized carbons (Fsp3) is 0.222. The zero-order chi connectivity index (χ0) is 20.9. The number of sulfonamides is 1. The lowest BCUT2D eigenvalue weighted by Gasteiger charge is -2.18. The quantitative estimate of drug-likeness (QED) is 0.764. The number of benzene rings is 2. The molecule has 2 aromatic carbocycles. The van der Waals surface area contributed by atoms with Gasteiger partial charge in [-0.2, -0.15) is 4.31 Å². The standard InChI is InChI=1S/C18H19F2N3O4S/c1-3-23(4-2)28(26,27)13-10-8-12(9-11-13)21-18(25)22-17(24)16-14(19)6-5-7-15(16)20/h5-11H,3-4H2,1-2H3,(H2,21,22,24,25). The van der Waals surface area contributed by atoms with Gasteiger partial charge in [-0.05, 0) is 36.4 Å². The SMILES string of the molecule is CCN(CC)S(=O)(=O)c1ccc(NC(=O)NC(=O)c2c(F)cccc2F)cc1. The molecule has 10 heteroatoms. The van der Waals surface area contributed by atoms with Crippen LogP contribution in [-0.2, 0) is 10.0 Å². The van der Waals surface area contributed by atoms with Crippen molar-refractivity contribution in [3.63, 3.8) is 0 Å². The molecule has 28 heavy (non-hydrogen) atoms. The van der Waals surface area contributed by atoms with E-state index in [-0.39, 0.29) is 10.6 Å². The summed E-state index contributed by atoms with van der Waals surface area (Å²) in [6, 6.07) is 7.15. The van der Waals surface area contributed by atoms with Gasteiger partial charge in [0.15, 0.2) is 0 Å². The number of nitrogens with one attached hydrogen (secondary N) is 2. The summed E-state index contributed by atoms with van der Waals surface area (Å²) in [4.78, 5) is 23.8. The molecule has 0 aliphatic rings. The summed E-state index contributed by atoms with van der Waals surface area (Å²) in [6.07, 6.45) is 0. The number of hydrogen-bond acceptors (Lipinski definition) is 4. The number of carbonyl (C=O) groups is 2. The van der Waals surface area contributed by atoms with Crippen molar-refractivity contribution in [2.75, 3.05) is 18.4 Å². The molecule has 2 rings (SSSR count). The molecule has 2 aromatic rings. The van der Waals surface area contributed by atoms with Crippen molar-refractivity contribution in [2.45, 2.75) is 18.7 Å². The Hall–Kier alpha value is -2.85. The van der Waals surface area contributed by atoms with Crippen LogP contribution in [0.25, 0.3) is 0 Å². The molecule has 0 aromatic heterocycles.